The molecule has 0 nitrogen and oxygen atoms in total. The average Bonchev–Trinajstić information content (AvgIpc) is 2.51. The first-order valence-electron chi connectivity index (χ1n) is 3.23. The summed E-state index contributed by atoms with van der Waals surface area (Å²) in [4.78, 5) is 0. The van der Waals surface area contributed by atoms with Crippen molar-refractivity contribution < 1.29 is 0 Å². The van der Waals surface area contributed by atoms with Crippen molar-refractivity contribution in [2.75, 3.05) is 0 Å². The lowest BCUT2D eigenvalue weighted by Crippen LogP contribution is -1.57. The fourth-order valence-electron chi connectivity index (χ4n) is 0.621. The van der Waals surface area contributed by atoms with Crippen LogP contribution in [0.2, 0.25) is 0 Å². The highest BCUT2D eigenvalue weighted by atomic mass is 14.2. The Bertz CT molecular complexity index is 105. The largest absolute Gasteiger partial charge is 0.0877 e. The second-order valence-electron chi connectivity index (χ2n) is 2.25. The van der Waals surface area contributed by atoms with Crippen molar-refractivity contribution in [1.29, 1.82) is 0 Å². The topological polar surface area (TPSA) is 0 Å². The van der Waals surface area contributed by atoms with Crippen LogP contribution in [0.25, 0.3) is 0 Å². The minimum absolute atomic E-state index is 0.922. The zero-order valence-electron chi connectivity index (χ0n) is 5.30. The van der Waals surface area contributed by atoms with Crippen molar-refractivity contribution in [3.05, 3.63) is 24.3 Å². The summed E-state index contributed by atoms with van der Waals surface area (Å²) in [7, 11) is 0. The molecule has 1 fully saturated rings. The van der Waals surface area contributed by atoms with Gasteiger partial charge in [0.25, 0.3) is 0 Å². The highest BCUT2D eigenvalue weighted by molar-refractivity contribution is 5.06. The Morgan fingerprint density at radius 2 is 2.00 bits per heavy atom. The van der Waals surface area contributed by atoms with Crippen LogP contribution in [0.4, 0.5) is 0 Å². The third-order valence-corrected chi connectivity index (χ3v) is 1.31. The molecule has 0 amide bonds. The molecule has 0 spiro atoms. The second kappa shape index (κ2) is 2.71. The van der Waals surface area contributed by atoms with E-state index in [1.807, 2.05) is 6.92 Å². The summed E-state index contributed by atoms with van der Waals surface area (Å²) in [5.74, 6) is 0.922. The van der Waals surface area contributed by atoms with Gasteiger partial charge in [-0.1, -0.05) is 24.3 Å². The van der Waals surface area contributed by atoms with Crippen molar-refractivity contribution in [2.24, 2.45) is 5.92 Å². The van der Waals surface area contributed by atoms with E-state index in [1.165, 1.54) is 12.8 Å². The molecule has 0 heterocycles. The first-order valence-corrected chi connectivity index (χ1v) is 3.23. The Kier molecular flexibility index (Phi) is 1.90. The van der Waals surface area contributed by atoms with Crippen LogP contribution in [0.1, 0.15) is 19.8 Å². The van der Waals surface area contributed by atoms with E-state index in [9.17, 15) is 0 Å². The van der Waals surface area contributed by atoms with Gasteiger partial charge in [0.1, 0.15) is 0 Å². The average molecular weight is 108 g/mol. The molecule has 0 atom stereocenters. The Hall–Kier alpha value is -0.520. The molecular formula is C8H12. The quantitative estimate of drug-likeness (QED) is 0.477. The van der Waals surface area contributed by atoms with Gasteiger partial charge in [0.15, 0.2) is 0 Å². The summed E-state index contributed by atoms with van der Waals surface area (Å²) in [5, 5.41) is 0. The first-order chi connectivity index (χ1) is 3.93. The molecule has 1 aliphatic carbocycles. The molecule has 0 aromatic rings. The summed E-state index contributed by atoms with van der Waals surface area (Å²) < 4.78 is 0. The molecule has 1 saturated carbocycles. The van der Waals surface area contributed by atoms with Gasteiger partial charge < -0.3 is 0 Å². The molecule has 1 aliphatic rings. The minimum Gasteiger partial charge on any atom is -0.0877 e. The molecule has 8 heavy (non-hydrogen) atoms. The lowest BCUT2D eigenvalue weighted by Gasteiger charge is -1.73. The Morgan fingerprint density at radius 3 is 2.50 bits per heavy atom. The van der Waals surface area contributed by atoms with E-state index < -0.39 is 0 Å². The molecule has 0 N–H and O–H groups in total. The summed E-state index contributed by atoms with van der Waals surface area (Å²) in [5.41, 5.74) is 0. The number of rotatable bonds is 2. The van der Waals surface area contributed by atoms with Crippen LogP contribution in [-0.4, -0.2) is 0 Å². The number of hydrogen-bond acceptors (Lipinski definition) is 0. The molecular weight excluding hydrogens is 96.1 g/mol. The third-order valence-electron chi connectivity index (χ3n) is 1.31. The normalized spacial score (nSPS) is 21.1. The van der Waals surface area contributed by atoms with Crippen molar-refractivity contribution in [3.8, 4) is 0 Å². The predicted molar refractivity (Wildman–Crippen MR) is 36.7 cm³/mol. The van der Waals surface area contributed by atoms with Gasteiger partial charge >= 0.3 is 0 Å². The van der Waals surface area contributed by atoms with Gasteiger partial charge in [-0.25, -0.2) is 0 Å². The highest BCUT2D eigenvalue weighted by Gasteiger charge is 2.16. The standard InChI is InChI=1S/C8H12/c1-2-3-4-5-8-6-7-8/h2-5,8H,6-7H2,1H3. The van der Waals surface area contributed by atoms with E-state index in [2.05, 4.69) is 24.3 Å². The maximum atomic E-state index is 2.28. The molecule has 1 rings (SSSR count). The molecule has 0 aromatic carbocycles. The fourth-order valence-corrected chi connectivity index (χ4v) is 0.621. The first kappa shape index (κ1) is 5.61. The van der Waals surface area contributed by atoms with Gasteiger partial charge in [-0.3, -0.25) is 0 Å². The van der Waals surface area contributed by atoms with Crippen molar-refractivity contribution in [3.63, 3.8) is 0 Å². The van der Waals surface area contributed by atoms with Crippen LogP contribution in [0.3, 0.4) is 0 Å². The van der Waals surface area contributed by atoms with Gasteiger partial charge in [0, 0.05) is 0 Å². The van der Waals surface area contributed by atoms with Gasteiger partial charge in [-0.05, 0) is 25.7 Å². The zero-order chi connectivity index (χ0) is 5.82. The Morgan fingerprint density at radius 1 is 1.25 bits per heavy atom. The van der Waals surface area contributed by atoms with Crippen LogP contribution in [-0.2, 0) is 0 Å². The Balaban J connectivity index is 2.13. The second-order valence-corrected chi connectivity index (χ2v) is 2.25. The molecule has 44 valence electrons. The van der Waals surface area contributed by atoms with Crippen LogP contribution in [0.5, 0.6) is 0 Å². The molecule has 0 aromatic heterocycles. The van der Waals surface area contributed by atoms with Crippen LogP contribution in [0, 0.1) is 5.92 Å². The molecule has 0 unspecified atom stereocenters. The van der Waals surface area contributed by atoms with Gasteiger partial charge in [-0.15, -0.1) is 0 Å². The lowest BCUT2D eigenvalue weighted by atomic mass is 10.3. The van der Waals surface area contributed by atoms with Crippen molar-refractivity contribution in [2.45, 2.75) is 19.8 Å². The smallest absolute Gasteiger partial charge is 0.0230 e. The Labute approximate surface area is 50.9 Å². The third kappa shape index (κ3) is 1.97. The maximum absolute atomic E-state index is 2.28. The van der Waals surface area contributed by atoms with Gasteiger partial charge in [0.05, 0.1) is 0 Å². The molecule has 0 radical (unpaired) electrons. The summed E-state index contributed by atoms with van der Waals surface area (Å²) in [6.07, 6.45) is 11.4. The molecule has 0 bridgehead atoms. The molecule has 0 heteroatoms. The van der Waals surface area contributed by atoms with E-state index in [-0.39, 0.29) is 0 Å². The molecule has 0 saturated heterocycles. The summed E-state index contributed by atoms with van der Waals surface area (Å²) in [6, 6.07) is 0. The summed E-state index contributed by atoms with van der Waals surface area (Å²) in [6.45, 7) is 2.04. The maximum Gasteiger partial charge on any atom is -0.0230 e. The van der Waals surface area contributed by atoms with Gasteiger partial charge in [-0.2, -0.15) is 0 Å². The van der Waals surface area contributed by atoms with Gasteiger partial charge in [0.2, 0.25) is 0 Å². The SMILES string of the molecule is CC=CC=CC1CC1. The minimum atomic E-state index is 0.922. The van der Waals surface area contributed by atoms with E-state index >= 15 is 0 Å². The van der Waals surface area contributed by atoms with Crippen molar-refractivity contribution >= 4 is 0 Å². The lowest BCUT2D eigenvalue weighted by molar-refractivity contribution is 1.12. The number of hydrogen-bond donors (Lipinski definition) is 0. The van der Waals surface area contributed by atoms with Crippen molar-refractivity contribution in [1.82, 2.24) is 0 Å². The van der Waals surface area contributed by atoms with E-state index in [1.54, 1.807) is 0 Å². The van der Waals surface area contributed by atoms with E-state index in [4.69, 9.17) is 0 Å². The highest BCUT2D eigenvalue weighted by Crippen LogP contribution is 2.29. The monoisotopic (exact) mass is 108 g/mol. The van der Waals surface area contributed by atoms with E-state index in [0.29, 0.717) is 0 Å². The van der Waals surface area contributed by atoms with E-state index in [0.717, 1.165) is 5.92 Å². The predicted octanol–water partition coefficient (Wildman–Crippen LogP) is 2.53. The molecule has 0 aliphatic heterocycles. The summed E-state index contributed by atoms with van der Waals surface area (Å²) >= 11 is 0. The van der Waals surface area contributed by atoms with Crippen LogP contribution in [0.15, 0.2) is 24.3 Å². The number of allylic oxidation sites excluding steroid dienone is 4. The zero-order valence-corrected chi connectivity index (χ0v) is 5.30. The van der Waals surface area contributed by atoms with Crippen LogP contribution >= 0.6 is 0 Å². The fraction of sp³-hybridized carbons (Fsp3) is 0.500. The van der Waals surface area contributed by atoms with Crippen LogP contribution < -0.4 is 0 Å².